The predicted octanol–water partition coefficient (Wildman–Crippen LogP) is 2.99. The third kappa shape index (κ3) is 4.98. The van der Waals surface area contributed by atoms with Gasteiger partial charge in [0.1, 0.15) is 0 Å². The number of nitrogens with zero attached hydrogens (tertiary/aromatic N) is 1. The Hall–Kier alpha value is -1.38. The van der Waals surface area contributed by atoms with E-state index in [9.17, 15) is 4.79 Å². The van der Waals surface area contributed by atoms with Crippen LogP contribution in [0.2, 0.25) is 0 Å². The Morgan fingerprint density at radius 2 is 2.18 bits per heavy atom. The summed E-state index contributed by atoms with van der Waals surface area (Å²) in [5.41, 5.74) is 1.19. The van der Waals surface area contributed by atoms with Crippen molar-refractivity contribution in [2.45, 2.75) is 39.5 Å². The Morgan fingerprint density at radius 3 is 2.76 bits per heavy atom. The minimum absolute atomic E-state index is 0.0545. The summed E-state index contributed by atoms with van der Waals surface area (Å²) in [4.78, 5) is 15.6. The van der Waals surface area contributed by atoms with E-state index in [1.54, 1.807) is 6.20 Å². The fraction of sp³-hybridized carbons (Fsp3) is 0.571. The molecule has 0 amide bonds. The lowest BCUT2D eigenvalue weighted by Crippen LogP contribution is -2.17. The van der Waals surface area contributed by atoms with Crippen LogP contribution >= 0.6 is 0 Å². The highest BCUT2D eigenvalue weighted by Crippen LogP contribution is 2.10. The van der Waals surface area contributed by atoms with E-state index < -0.39 is 0 Å². The molecule has 1 aromatic rings. The van der Waals surface area contributed by atoms with Gasteiger partial charge in [-0.15, -0.1) is 0 Å². The van der Waals surface area contributed by atoms with Gasteiger partial charge in [-0.1, -0.05) is 19.9 Å². The summed E-state index contributed by atoms with van der Waals surface area (Å²) in [5, 5.41) is 0. The Morgan fingerprint density at radius 1 is 1.41 bits per heavy atom. The first-order valence-corrected chi connectivity index (χ1v) is 6.33. The van der Waals surface area contributed by atoms with E-state index in [0.29, 0.717) is 6.61 Å². The summed E-state index contributed by atoms with van der Waals surface area (Å²) in [6, 6.07) is 3.96. The standard InChI is InChI=1S/C14H21NO2/c1-3-13(4-2)14(16)17-10-6-8-12-7-5-9-15-11-12/h5,7,9,11,13H,3-4,6,8,10H2,1-2H3. The van der Waals surface area contributed by atoms with Crippen molar-refractivity contribution in [1.82, 2.24) is 4.98 Å². The summed E-state index contributed by atoms with van der Waals surface area (Å²) < 4.78 is 5.25. The maximum absolute atomic E-state index is 11.6. The van der Waals surface area contributed by atoms with Crippen LogP contribution in [0.1, 0.15) is 38.7 Å². The van der Waals surface area contributed by atoms with Crippen LogP contribution in [-0.4, -0.2) is 17.6 Å². The zero-order valence-corrected chi connectivity index (χ0v) is 10.7. The number of esters is 1. The summed E-state index contributed by atoms with van der Waals surface area (Å²) in [7, 11) is 0. The molecular weight excluding hydrogens is 214 g/mol. The van der Waals surface area contributed by atoms with E-state index in [1.165, 1.54) is 5.56 Å². The summed E-state index contributed by atoms with van der Waals surface area (Å²) >= 11 is 0. The molecule has 3 heteroatoms. The fourth-order valence-corrected chi connectivity index (χ4v) is 1.73. The number of carbonyl (C=O) groups excluding carboxylic acids is 1. The highest BCUT2D eigenvalue weighted by atomic mass is 16.5. The van der Waals surface area contributed by atoms with Gasteiger partial charge in [-0.05, 0) is 37.3 Å². The molecule has 94 valence electrons. The van der Waals surface area contributed by atoms with Crippen LogP contribution in [0.4, 0.5) is 0 Å². The van der Waals surface area contributed by atoms with E-state index in [1.807, 2.05) is 32.2 Å². The van der Waals surface area contributed by atoms with Gasteiger partial charge in [-0.2, -0.15) is 0 Å². The Bertz CT molecular complexity index is 320. The molecule has 17 heavy (non-hydrogen) atoms. The number of hydrogen-bond acceptors (Lipinski definition) is 3. The van der Waals surface area contributed by atoms with Crippen LogP contribution in [0.3, 0.4) is 0 Å². The molecule has 0 aliphatic heterocycles. The Balaban J connectivity index is 2.18. The van der Waals surface area contributed by atoms with E-state index in [-0.39, 0.29) is 11.9 Å². The number of pyridine rings is 1. The van der Waals surface area contributed by atoms with Crippen LogP contribution in [0.5, 0.6) is 0 Å². The Labute approximate surface area is 103 Å². The SMILES string of the molecule is CCC(CC)C(=O)OCCCc1cccnc1. The van der Waals surface area contributed by atoms with Crippen molar-refractivity contribution in [3.8, 4) is 0 Å². The second-order valence-electron chi connectivity index (χ2n) is 4.15. The molecular formula is C14H21NO2. The molecule has 0 bridgehead atoms. The van der Waals surface area contributed by atoms with E-state index in [4.69, 9.17) is 4.74 Å². The normalized spacial score (nSPS) is 10.5. The van der Waals surface area contributed by atoms with Crippen LogP contribution in [0.25, 0.3) is 0 Å². The number of hydrogen-bond donors (Lipinski definition) is 0. The number of rotatable bonds is 7. The van der Waals surface area contributed by atoms with E-state index in [2.05, 4.69) is 4.98 Å². The highest BCUT2D eigenvalue weighted by Gasteiger charge is 2.14. The van der Waals surface area contributed by atoms with Gasteiger partial charge in [-0.25, -0.2) is 0 Å². The maximum Gasteiger partial charge on any atom is 0.308 e. The van der Waals surface area contributed by atoms with Gasteiger partial charge in [0.05, 0.1) is 12.5 Å². The molecule has 0 aliphatic rings. The fourth-order valence-electron chi connectivity index (χ4n) is 1.73. The third-order valence-electron chi connectivity index (χ3n) is 2.90. The minimum Gasteiger partial charge on any atom is -0.465 e. The smallest absolute Gasteiger partial charge is 0.308 e. The van der Waals surface area contributed by atoms with Crippen LogP contribution in [0.15, 0.2) is 24.5 Å². The average Bonchev–Trinajstić information content (AvgIpc) is 2.37. The van der Waals surface area contributed by atoms with Crippen molar-refractivity contribution in [2.24, 2.45) is 5.92 Å². The van der Waals surface area contributed by atoms with Crippen molar-refractivity contribution in [3.63, 3.8) is 0 Å². The lowest BCUT2D eigenvalue weighted by Gasteiger charge is -2.11. The minimum atomic E-state index is -0.0545. The van der Waals surface area contributed by atoms with Crippen molar-refractivity contribution in [3.05, 3.63) is 30.1 Å². The molecule has 0 radical (unpaired) electrons. The molecule has 0 aromatic carbocycles. The third-order valence-corrected chi connectivity index (χ3v) is 2.90. The summed E-state index contributed by atoms with van der Waals surface area (Å²) in [6.45, 7) is 4.54. The Kier molecular flexibility index (Phi) is 6.30. The molecule has 1 heterocycles. The first kappa shape index (κ1) is 13.7. The molecule has 3 nitrogen and oxygen atoms in total. The molecule has 0 aliphatic carbocycles. The lowest BCUT2D eigenvalue weighted by atomic mass is 10.0. The average molecular weight is 235 g/mol. The quantitative estimate of drug-likeness (QED) is 0.538. The largest absolute Gasteiger partial charge is 0.465 e. The molecule has 1 rings (SSSR count). The van der Waals surface area contributed by atoms with Crippen molar-refractivity contribution >= 4 is 5.97 Å². The predicted molar refractivity (Wildman–Crippen MR) is 67.6 cm³/mol. The number of carbonyl (C=O) groups is 1. The lowest BCUT2D eigenvalue weighted by molar-refractivity contribution is -0.148. The van der Waals surface area contributed by atoms with Crippen LogP contribution < -0.4 is 0 Å². The summed E-state index contributed by atoms with van der Waals surface area (Å²) in [6.07, 6.45) is 7.09. The van der Waals surface area contributed by atoms with E-state index in [0.717, 1.165) is 25.7 Å². The maximum atomic E-state index is 11.6. The number of aryl methyl sites for hydroxylation is 1. The van der Waals surface area contributed by atoms with Gasteiger partial charge in [0.15, 0.2) is 0 Å². The second kappa shape index (κ2) is 7.82. The number of aromatic nitrogens is 1. The van der Waals surface area contributed by atoms with Gasteiger partial charge >= 0.3 is 5.97 Å². The van der Waals surface area contributed by atoms with E-state index >= 15 is 0 Å². The summed E-state index contributed by atoms with van der Waals surface area (Å²) in [5.74, 6) is 0.00887. The van der Waals surface area contributed by atoms with Crippen LogP contribution in [0, 0.1) is 5.92 Å². The molecule has 1 aromatic heterocycles. The topological polar surface area (TPSA) is 39.2 Å². The molecule has 0 saturated carbocycles. The molecule has 0 atom stereocenters. The van der Waals surface area contributed by atoms with Gasteiger partial charge in [-0.3, -0.25) is 9.78 Å². The van der Waals surface area contributed by atoms with Crippen molar-refractivity contribution in [1.29, 1.82) is 0 Å². The molecule has 0 unspecified atom stereocenters. The first-order valence-electron chi connectivity index (χ1n) is 6.33. The molecule has 0 spiro atoms. The molecule has 0 fully saturated rings. The van der Waals surface area contributed by atoms with Crippen molar-refractivity contribution < 1.29 is 9.53 Å². The first-order chi connectivity index (χ1) is 8.27. The highest BCUT2D eigenvalue weighted by molar-refractivity contribution is 5.72. The number of ether oxygens (including phenoxy) is 1. The van der Waals surface area contributed by atoms with Gasteiger partial charge in [0, 0.05) is 12.4 Å². The molecule has 0 saturated heterocycles. The zero-order valence-electron chi connectivity index (χ0n) is 10.7. The monoisotopic (exact) mass is 235 g/mol. The zero-order chi connectivity index (χ0) is 12.5. The van der Waals surface area contributed by atoms with Gasteiger partial charge < -0.3 is 4.74 Å². The van der Waals surface area contributed by atoms with Crippen LogP contribution in [-0.2, 0) is 16.0 Å². The van der Waals surface area contributed by atoms with Crippen molar-refractivity contribution in [2.75, 3.05) is 6.61 Å². The second-order valence-corrected chi connectivity index (χ2v) is 4.15. The van der Waals surface area contributed by atoms with Gasteiger partial charge in [0.2, 0.25) is 0 Å². The molecule has 0 N–H and O–H groups in total. The van der Waals surface area contributed by atoms with Gasteiger partial charge in [0.25, 0.3) is 0 Å².